The van der Waals surface area contributed by atoms with E-state index in [4.69, 9.17) is 9.47 Å². The van der Waals surface area contributed by atoms with Gasteiger partial charge in [0.2, 0.25) is 0 Å². The predicted molar refractivity (Wildman–Crippen MR) is 125 cm³/mol. The molecule has 0 bridgehead atoms. The third-order valence-electron chi connectivity index (χ3n) is 5.19. The zero-order chi connectivity index (χ0) is 23.9. The fourth-order valence-electron chi connectivity index (χ4n) is 3.49. The number of nitriles is 2. The van der Waals surface area contributed by atoms with Gasteiger partial charge in [-0.05, 0) is 29.8 Å². The molecule has 0 amide bonds. The molecule has 0 spiro atoms. The molecule has 2 aromatic heterocycles. The molecule has 0 atom stereocenters. The van der Waals surface area contributed by atoms with E-state index in [-0.39, 0.29) is 18.7 Å². The van der Waals surface area contributed by atoms with Crippen molar-refractivity contribution >= 4 is 17.6 Å². The summed E-state index contributed by atoms with van der Waals surface area (Å²) in [7, 11) is 1.60. The maximum absolute atomic E-state index is 13.7. The smallest absolute Gasteiger partial charge is 0.148 e. The normalized spacial score (nSPS) is 13.1. The van der Waals surface area contributed by atoms with E-state index in [1.165, 1.54) is 11.8 Å². The minimum absolute atomic E-state index is 0.160. The van der Waals surface area contributed by atoms with Crippen molar-refractivity contribution in [1.82, 2.24) is 15.2 Å². The highest BCUT2D eigenvalue weighted by Crippen LogP contribution is 2.40. The monoisotopic (exact) mass is 476 g/mol. The van der Waals surface area contributed by atoms with Crippen molar-refractivity contribution in [1.29, 1.82) is 10.5 Å². The zero-order valence-corrected chi connectivity index (χ0v) is 19.3. The number of ether oxygens (including phenoxy) is 2. The van der Waals surface area contributed by atoms with Crippen molar-refractivity contribution < 1.29 is 13.9 Å². The highest BCUT2D eigenvalue weighted by atomic mass is 32.2. The molecule has 1 saturated heterocycles. The van der Waals surface area contributed by atoms with Crippen LogP contribution in [-0.2, 0) is 10.5 Å². The number of rotatable bonds is 9. The largest absolute Gasteiger partial charge is 0.491 e. The van der Waals surface area contributed by atoms with Crippen molar-refractivity contribution in [3.8, 4) is 29.0 Å². The summed E-state index contributed by atoms with van der Waals surface area (Å²) >= 11 is 1.33. The van der Waals surface area contributed by atoms with Crippen LogP contribution in [0.25, 0.3) is 11.1 Å². The van der Waals surface area contributed by atoms with Crippen LogP contribution in [-0.4, -0.2) is 54.8 Å². The van der Waals surface area contributed by atoms with Crippen LogP contribution in [0.3, 0.4) is 0 Å². The van der Waals surface area contributed by atoms with Crippen LogP contribution in [0.4, 0.5) is 10.2 Å². The van der Waals surface area contributed by atoms with Crippen LogP contribution < -0.4 is 9.64 Å². The van der Waals surface area contributed by atoms with Crippen LogP contribution in [0.1, 0.15) is 16.8 Å². The fourth-order valence-corrected chi connectivity index (χ4v) is 4.38. The van der Waals surface area contributed by atoms with Crippen LogP contribution in [0.5, 0.6) is 5.75 Å². The summed E-state index contributed by atoms with van der Waals surface area (Å²) < 4.78 is 24.3. The summed E-state index contributed by atoms with van der Waals surface area (Å²) in [5.74, 6) is 1.47. The highest BCUT2D eigenvalue weighted by molar-refractivity contribution is 7.98. The minimum Gasteiger partial charge on any atom is -0.491 e. The second-order valence-electron chi connectivity index (χ2n) is 7.46. The Balaban J connectivity index is 1.76. The first kappa shape index (κ1) is 23.4. The van der Waals surface area contributed by atoms with E-state index in [2.05, 4.69) is 27.3 Å². The first-order valence-electron chi connectivity index (χ1n) is 10.5. The van der Waals surface area contributed by atoms with Crippen molar-refractivity contribution in [3.05, 3.63) is 59.4 Å². The number of methoxy groups -OCH3 is 1. The van der Waals surface area contributed by atoms with E-state index in [9.17, 15) is 14.9 Å². The van der Waals surface area contributed by atoms with E-state index in [1.807, 2.05) is 6.07 Å². The highest BCUT2D eigenvalue weighted by Gasteiger charge is 2.32. The summed E-state index contributed by atoms with van der Waals surface area (Å²) in [5.41, 5.74) is 2.42. The van der Waals surface area contributed by atoms with Gasteiger partial charge < -0.3 is 14.4 Å². The molecule has 3 aromatic rings. The number of nitrogens with zero attached hydrogens (tertiary/aromatic N) is 6. The topological polar surface area (TPSA) is 108 Å². The van der Waals surface area contributed by atoms with Gasteiger partial charge in [-0.1, -0.05) is 23.9 Å². The fraction of sp³-hybridized carbons (Fsp3) is 0.292. The van der Waals surface area contributed by atoms with Gasteiger partial charge in [0.25, 0.3) is 0 Å². The van der Waals surface area contributed by atoms with Gasteiger partial charge in [0.1, 0.15) is 47.1 Å². The molecule has 1 aliphatic heterocycles. The molecule has 10 heteroatoms. The summed E-state index contributed by atoms with van der Waals surface area (Å²) in [6, 6.07) is 15.2. The number of alkyl halides is 1. The summed E-state index contributed by atoms with van der Waals surface area (Å²) in [6.45, 7) is 1.19. The Morgan fingerprint density at radius 3 is 2.50 bits per heavy atom. The maximum Gasteiger partial charge on any atom is 0.148 e. The number of pyridine rings is 1. The van der Waals surface area contributed by atoms with E-state index < -0.39 is 6.17 Å². The lowest BCUT2D eigenvalue weighted by Crippen LogP contribution is -2.49. The van der Waals surface area contributed by atoms with Gasteiger partial charge in [-0.25, -0.2) is 9.37 Å². The molecule has 0 unspecified atom stereocenters. The van der Waals surface area contributed by atoms with Gasteiger partial charge in [-0.15, -0.1) is 0 Å². The first-order valence-corrected chi connectivity index (χ1v) is 11.5. The van der Waals surface area contributed by atoms with Crippen molar-refractivity contribution in [2.24, 2.45) is 0 Å². The SMILES string of the molecule is COCCOc1ccc(-c2c(C#N)c(SCc3cccnn3)nc(N3CC(F)C3)c2C#N)cc1. The molecule has 34 heavy (non-hydrogen) atoms. The van der Waals surface area contributed by atoms with Crippen molar-refractivity contribution in [2.75, 3.05) is 38.3 Å². The molecular weight excluding hydrogens is 455 g/mol. The summed E-state index contributed by atoms with van der Waals surface area (Å²) in [6.07, 6.45) is 0.622. The van der Waals surface area contributed by atoms with Gasteiger partial charge in [0.15, 0.2) is 0 Å². The van der Waals surface area contributed by atoms with E-state index in [0.717, 1.165) is 5.69 Å². The summed E-state index contributed by atoms with van der Waals surface area (Å²) in [5, 5.41) is 28.5. The predicted octanol–water partition coefficient (Wildman–Crippen LogP) is 3.76. The molecule has 1 aliphatic rings. The molecule has 0 N–H and O–H groups in total. The number of thioether (sulfide) groups is 1. The lowest BCUT2D eigenvalue weighted by atomic mass is 9.95. The van der Waals surface area contributed by atoms with Crippen LogP contribution in [0.15, 0.2) is 47.6 Å². The second kappa shape index (κ2) is 10.9. The second-order valence-corrected chi connectivity index (χ2v) is 8.42. The average Bonchev–Trinajstić information content (AvgIpc) is 2.86. The van der Waals surface area contributed by atoms with Crippen molar-refractivity contribution in [3.63, 3.8) is 0 Å². The Labute approximate surface area is 201 Å². The molecule has 0 saturated carbocycles. The van der Waals surface area contributed by atoms with Gasteiger partial charge in [-0.2, -0.15) is 20.7 Å². The molecule has 4 rings (SSSR count). The first-order chi connectivity index (χ1) is 16.6. The van der Waals surface area contributed by atoms with Gasteiger partial charge in [0.05, 0.1) is 31.0 Å². The lowest BCUT2D eigenvalue weighted by Gasteiger charge is -2.36. The molecule has 0 aliphatic carbocycles. The molecule has 172 valence electrons. The molecular formula is C24H21FN6O2S. The Kier molecular flexibility index (Phi) is 7.53. The van der Waals surface area contributed by atoms with E-state index in [1.54, 1.807) is 48.5 Å². The number of anilines is 1. The average molecular weight is 477 g/mol. The zero-order valence-electron chi connectivity index (χ0n) is 18.4. The van der Waals surface area contributed by atoms with Crippen LogP contribution in [0, 0.1) is 22.7 Å². The third-order valence-corrected chi connectivity index (χ3v) is 6.20. The Hall–Kier alpha value is -3.73. The van der Waals surface area contributed by atoms with Gasteiger partial charge >= 0.3 is 0 Å². The van der Waals surface area contributed by atoms with E-state index >= 15 is 0 Å². The lowest BCUT2D eigenvalue weighted by molar-refractivity contribution is 0.146. The molecule has 1 fully saturated rings. The molecule has 8 nitrogen and oxygen atoms in total. The number of benzene rings is 1. The van der Waals surface area contributed by atoms with Gasteiger partial charge in [-0.3, -0.25) is 0 Å². The number of aromatic nitrogens is 3. The number of hydrogen-bond acceptors (Lipinski definition) is 9. The van der Waals surface area contributed by atoms with Gasteiger partial charge in [0, 0.05) is 24.6 Å². The molecule has 3 heterocycles. The number of halogens is 1. The minimum atomic E-state index is -0.966. The maximum atomic E-state index is 13.7. The third kappa shape index (κ3) is 5.09. The van der Waals surface area contributed by atoms with Crippen LogP contribution >= 0.6 is 11.8 Å². The Morgan fingerprint density at radius 1 is 1.12 bits per heavy atom. The number of hydrogen-bond donors (Lipinski definition) is 0. The van der Waals surface area contributed by atoms with E-state index in [0.29, 0.717) is 52.3 Å². The quantitative estimate of drug-likeness (QED) is 0.337. The standard InChI is InChI=1S/C24H21FN6O2S/c1-32-9-10-33-19-6-4-16(5-7-19)22-20(11-26)23(31-13-17(25)14-31)29-24(21(22)12-27)34-15-18-3-2-8-28-30-18/h2-8,17H,9-10,13-15H2,1H3. The van der Waals surface area contributed by atoms with Crippen molar-refractivity contribution in [2.45, 2.75) is 17.0 Å². The Bertz CT molecular complexity index is 1220. The molecule has 0 radical (unpaired) electrons. The molecule has 1 aromatic carbocycles. The van der Waals surface area contributed by atoms with Crippen LogP contribution in [0.2, 0.25) is 0 Å². The Morgan fingerprint density at radius 2 is 1.88 bits per heavy atom. The summed E-state index contributed by atoms with van der Waals surface area (Å²) in [4.78, 5) is 6.35.